The van der Waals surface area contributed by atoms with Crippen molar-refractivity contribution in [3.63, 3.8) is 0 Å². The number of esters is 1. The van der Waals surface area contributed by atoms with Crippen LogP contribution in [0.2, 0.25) is 0 Å². The van der Waals surface area contributed by atoms with E-state index < -0.39 is 0 Å². The number of nitrogens with two attached hydrogens (primary N) is 1. The van der Waals surface area contributed by atoms with Gasteiger partial charge in [0.1, 0.15) is 11.9 Å². The minimum absolute atomic E-state index is 0.0579. The third-order valence-electron chi connectivity index (χ3n) is 4.21. The number of hydrogen-bond donors (Lipinski definition) is 2. The van der Waals surface area contributed by atoms with Crippen molar-refractivity contribution < 1.29 is 24.0 Å². The van der Waals surface area contributed by atoms with Gasteiger partial charge in [0.15, 0.2) is 6.54 Å². The van der Waals surface area contributed by atoms with Crippen molar-refractivity contribution in [1.29, 1.82) is 0 Å². The van der Waals surface area contributed by atoms with E-state index in [4.69, 9.17) is 4.74 Å². The number of carbonyl (C=O) groups excluding carboxylic acids is 2. The molecule has 0 spiro atoms. The van der Waals surface area contributed by atoms with Gasteiger partial charge in [-0.25, -0.2) is 9.18 Å². The van der Waals surface area contributed by atoms with E-state index in [0.29, 0.717) is 17.9 Å². The van der Waals surface area contributed by atoms with Gasteiger partial charge < -0.3 is 15.4 Å². The van der Waals surface area contributed by atoms with E-state index in [1.807, 2.05) is 5.32 Å². The molecule has 0 bridgehead atoms. The maximum absolute atomic E-state index is 13.1. The van der Waals surface area contributed by atoms with Crippen LogP contribution in [0.1, 0.15) is 42.7 Å². The van der Waals surface area contributed by atoms with E-state index in [-0.39, 0.29) is 36.2 Å². The van der Waals surface area contributed by atoms with Crippen molar-refractivity contribution >= 4 is 17.6 Å². The smallest absolute Gasteiger partial charge is 0.338 e. The second-order valence-corrected chi connectivity index (χ2v) is 6.61. The van der Waals surface area contributed by atoms with Crippen LogP contribution in [0.15, 0.2) is 48.5 Å². The average Bonchev–Trinajstić information content (AvgIpc) is 2.64. The zero-order valence-corrected chi connectivity index (χ0v) is 15.9. The van der Waals surface area contributed by atoms with Crippen LogP contribution in [0.3, 0.4) is 0 Å². The molecule has 0 aliphatic carbocycles. The van der Waals surface area contributed by atoms with E-state index in [1.54, 1.807) is 43.3 Å². The standard InChI is InChI=1S/C21H25FN2O3/c1-4-27-21(26)16-7-11-18(12-8-16)24-19(25)13-23-20(14(2)3)15-5-9-17(22)10-6-15/h5-12,14,20,23H,4,13H2,1-3H3,(H,24,25)/p+1/t20-/m0/s1. The maximum atomic E-state index is 13.1. The summed E-state index contributed by atoms with van der Waals surface area (Å²) in [6, 6.07) is 13.0. The first-order valence-electron chi connectivity index (χ1n) is 9.06. The average molecular weight is 373 g/mol. The summed E-state index contributed by atoms with van der Waals surface area (Å²) in [4.78, 5) is 23.9. The van der Waals surface area contributed by atoms with Gasteiger partial charge in [-0.15, -0.1) is 0 Å². The number of nitrogens with one attached hydrogen (secondary N) is 1. The Balaban J connectivity index is 1.92. The zero-order chi connectivity index (χ0) is 19.8. The van der Waals surface area contributed by atoms with Gasteiger partial charge in [-0.3, -0.25) is 4.79 Å². The number of carbonyl (C=O) groups is 2. The first kappa shape index (κ1) is 20.6. The molecule has 0 unspecified atom stereocenters. The normalized spacial score (nSPS) is 11.9. The van der Waals surface area contributed by atoms with Crippen molar-refractivity contribution in [2.75, 3.05) is 18.5 Å². The number of rotatable bonds is 8. The fourth-order valence-corrected chi connectivity index (χ4v) is 2.83. The van der Waals surface area contributed by atoms with Crippen molar-refractivity contribution in [3.8, 4) is 0 Å². The fourth-order valence-electron chi connectivity index (χ4n) is 2.83. The Morgan fingerprint density at radius 1 is 1.07 bits per heavy atom. The van der Waals surface area contributed by atoms with Crippen molar-refractivity contribution in [3.05, 3.63) is 65.5 Å². The molecule has 0 saturated carbocycles. The number of ether oxygens (including phenoxy) is 1. The lowest BCUT2D eigenvalue weighted by atomic mass is 9.96. The second kappa shape index (κ2) is 9.83. The lowest BCUT2D eigenvalue weighted by molar-refractivity contribution is -0.692. The molecule has 0 aliphatic heterocycles. The molecular weight excluding hydrogens is 347 g/mol. The lowest BCUT2D eigenvalue weighted by Crippen LogP contribution is -2.88. The molecule has 2 rings (SSSR count). The van der Waals surface area contributed by atoms with Gasteiger partial charge in [-0.1, -0.05) is 26.0 Å². The van der Waals surface area contributed by atoms with Crippen LogP contribution in [0.4, 0.5) is 10.1 Å². The van der Waals surface area contributed by atoms with Crippen LogP contribution in [-0.4, -0.2) is 25.0 Å². The summed E-state index contributed by atoms with van der Waals surface area (Å²) in [5.41, 5.74) is 2.04. The Labute approximate surface area is 158 Å². The molecule has 0 fully saturated rings. The van der Waals surface area contributed by atoms with Crippen LogP contribution < -0.4 is 10.6 Å². The Hall–Kier alpha value is -2.73. The van der Waals surface area contributed by atoms with Gasteiger partial charge in [0.05, 0.1) is 12.2 Å². The predicted octanol–water partition coefficient (Wildman–Crippen LogP) is 2.90. The van der Waals surface area contributed by atoms with Crippen molar-refractivity contribution in [2.24, 2.45) is 5.92 Å². The molecule has 2 aromatic carbocycles. The highest BCUT2D eigenvalue weighted by Gasteiger charge is 2.20. The van der Waals surface area contributed by atoms with Gasteiger partial charge in [0.25, 0.3) is 5.91 Å². The van der Waals surface area contributed by atoms with Gasteiger partial charge in [0.2, 0.25) is 0 Å². The molecule has 1 amide bonds. The van der Waals surface area contributed by atoms with Crippen LogP contribution in [-0.2, 0) is 9.53 Å². The number of quaternary nitrogens is 1. The third kappa shape index (κ3) is 6.18. The number of anilines is 1. The van der Waals surface area contributed by atoms with E-state index >= 15 is 0 Å². The van der Waals surface area contributed by atoms with Crippen LogP contribution >= 0.6 is 0 Å². The van der Waals surface area contributed by atoms with E-state index in [0.717, 1.165) is 5.56 Å². The summed E-state index contributed by atoms with van der Waals surface area (Å²) in [6.07, 6.45) is 0. The Morgan fingerprint density at radius 3 is 2.26 bits per heavy atom. The number of hydrogen-bond acceptors (Lipinski definition) is 3. The fraction of sp³-hybridized carbons (Fsp3) is 0.333. The van der Waals surface area contributed by atoms with Crippen LogP contribution in [0, 0.1) is 11.7 Å². The molecule has 0 radical (unpaired) electrons. The SMILES string of the molecule is CCOC(=O)c1ccc(NC(=O)C[NH2+][C@H](c2ccc(F)cc2)C(C)C)cc1. The van der Waals surface area contributed by atoms with Crippen molar-refractivity contribution in [2.45, 2.75) is 26.8 Å². The quantitative estimate of drug-likeness (QED) is 0.699. The largest absolute Gasteiger partial charge is 0.462 e. The van der Waals surface area contributed by atoms with Crippen LogP contribution in [0.5, 0.6) is 0 Å². The molecule has 0 heterocycles. The number of amides is 1. The summed E-state index contributed by atoms with van der Waals surface area (Å²) in [5, 5.41) is 4.76. The molecule has 27 heavy (non-hydrogen) atoms. The first-order chi connectivity index (χ1) is 12.9. The summed E-state index contributed by atoms with van der Waals surface area (Å²) in [5.74, 6) is -0.521. The predicted molar refractivity (Wildman–Crippen MR) is 102 cm³/mol. The first-order valence-corrected chi connectivity index (χ1v) is 9.06. The summed E-state index contributed by atoms with van der Waals surface area (Å²) >= 11 is 0. The highest BCUT2D eigenvalue weighted by molar-refractivity contribution is 5.93. The van der Waals surface area contributed by atoms with E-state index in [9.17, 15) is 14.0 Å². The molecule has 2 aromatic rings. The molecule has 6 heteroatoms. The molecule has 1 atom stereocenters. The molecule has 0 aliphatic rings. The van der Waals surface area contributed by atoms with Gasteiger partial charge in [-0.2, -0.15) is 0 Å². The highest BCUT2D eigenvalue weighted by Crippen LogP contribution is 2.18. The van der Waals surface area contributed by atoms with E-state index in [2.05, 4.69) is 19.2 Å². The molecule has 5 nitrogen and oxygen atoms in total. The lowest BCUT2D eigenvalue weighted by Gasteiger charge is -2.19. The maximum Gasteiger partial charge on any atom is 0.338 e. The topological polar surface area (TPSA) is 72.0 Å². The Morgan fingerprint density at radius 2 is 1.70 bits per heavy atom. The molecule has 0 aromatic heterocycles. The summed E-state index contributed by atoms with van der Waals surface area (Å²) in [7, 11) is 0. The molecular formula is C21H26FN2O3+. The third-order valence-corrected chi connectivity index (χ3v) is 4.21. The second-order valence-electron chi connectivity index (χ2n) is 6.61. The zero-order valence-electron chi connectivity index (χ0n) is 15.9. The summed E-state index contributed by atoms with van der Waals surface area (Å²) < 4.78 is 18.1. The Kier molecular flexibility index (Phi) is 7.49. The number of benzene rings is 2. The minimum atomic E-state index is -0.386. The van der Waals surface area contributed by atoms with Gasteiger partial charge >= 0.3 is 5.97 Å². The minimum Gasteiger partial charge on any atom is -0.462 e. The summed E-state index contributed by atoms with van der Waals surface area (Å²) in [6.45, 7) is 6.44. The molecule has 0 saturated heterocycles. The monoisotopic (exact) mass is 373 g/mol. The van der Waals surface area contributed by atoms with Crippen molar-refractivity contribution in [1.82, 2.24) is 0 Å². The van der Waals surface area contributed by atoms with Gasteiger partial charge in [-0.05, 0) is 43.3 Å². The molecule has 144 valence electrons. The Bertz CT molecular complexity index is 758. The highest BCUT2D eigenvalue weighted by atomic mass is 19.1. The van der Waals surface area contributed by atoms with Gasteiger partial charge in [0, 0.05) is 17.2 Å². The van der Waals surface area contributed by atoms with E-state index in [1.165, 1.54) is 12.1 Å². The molecule has 3 N–H and O–H groups in total. The van der Waals surface area contributed by atoms with Crippen LogP contribution in [0.25, 0.3) is 0 Å². The number of halogens is 1.